The maximum absolute atomic E-state index is 14.6. The molecule has 11 heteroatoms. The molecular weight excluding hydrogens is 645 g/mol. The molecule has 0 aliphatic carbocycles. The Morgan fingerprint density at radius 3 is 2.17 bits per heavy atom. The Labute approximate surface area is 280 Å². The highest BCUT2D eigenvalue weighted by Gasteiger charge is 2.35. The molecule has 0 radical (unpaired) electrons. The molecule has 242 valence electrons. The summed E-state index contributed by atoms with van der Waals surface area (Å²) in [6.45, 7) is 3.44. The summed E-state index contributed by atoms with van der Waals surface area (Å²) < 4.78 is 34.8. The van der Waals surface area contributed by atoms with Crippen LogP contribution in [0.15, 0.2) is 102 Å². The number of nitrogens with one attached hydrogen (secondary N) is 1. The summed E-state index contributed by atoms with van der Waals surface area (Å²) in [5.41, 5.74) is 2.36. The molecule has 0 fully saturated rings. The first kappa shape index (κ1) is 34.8. The molecule has 8 nitrogen and oxygen atoms in total. The van der Waals surface area contributed by atoms with Crippen molar-refractivity contribution in [2.24, 2.45) is 0 Å². The van der Waals surface area contributed by atoms with Crippen LogP contribution in [0.5, 0.6) is 5.75 Å². The third-order valence-electron chi connectivity index (χ3n) is 7.44. The smallest absolute Gasteiger partial charge is 0.264 e. The molecule has 4 aromatic rings. The number of ether oxygens (including phenoxy) is 1. The molecular formula is C35H37Cl2N3O5S. The molecule has 0 bridgehead atoms. The van der Waals surface area contributed by atoms with Crippen LogP contribution >= 0.6 is 23.2 Å². The Bertz CT molecular complexity index is 1730. The minimum Gasteiger partial charge on any atom is -0.497 e. The van der Waals surface area contributed by atoms with Crippen LogP contribution < -0.4 is 14.4 Å². The van der Waals surface area contributed by atoms with Crippen LogP contribution in [-0.2, 0) is 32.6 Å². The van der Waals surface area contributed by atoms with Gasteiger partial charge in [0.25, 0.3) is 10.0 Å². The van der Waals surface area contributed by atoms with Crippen molar-refractivity contribution in [1.82, 2.24) is 10.2 Å². The number of halogens is 2. The Morgan fingerprint density at radius 1 is 0.891 bits per heavy atom. The van der Waals surface area contributed by atoms with E-state index in [1.165, 1.54) is 24.1 Å². The molecule has 0 saturated heterocycles. The molecule has 0 unspecified atom stereocenters. The number of rotatable bonds is 14. The molecule has 0 spiro atoms. The van der Waals surface area contributed by atoms with E-state index >= 15 is 0 Å². The monoisotopic (exact) mass is 681 g/mol. The standard InChI is InChI=1S/C35H37Cl2N3O5S/c1-4-20-38-35(42)33(21-26-10-6-5-7-11-26)39(23-30-31(36)14-9-15-32(30)37)34(41)24-40(27-12-8-13-28(22-27)45-3)46(43,44)29-18-16-25(2)17-19-29/h5-19,22,33H,4,20-21,23-24H2,1-3H3,(H,38,42)/t33-/m0/s1. The molecule has 1 N–H and O–H groups in total. The maximum atomic E-state index is 14.6. The van der Waals surface area contributed by atoms with Crippen LogP contribution in [0.25, 0.3) is 0 Å². The topological polar surface area (TPSA) is 96.0 Å². The molecule has 2 amide bonds. The second kappa shape index (κ2) is 16.0. The van der Waals surface area contributed by atoms with Crippen molar-refractivity contribution in [3.8, 4) is 5.75 Å². The Kier molecular flexibility index (Phi) is 12.1. The van der Waals surface area contributed by atoms with Crippen LogP contribution in [0, 0.1) is 6.92 Å². The van der Waals surface area contributed by atoms with Crippen molar-refractivity contribution in [2.75, 3.05) is 24.5 Å². The molecule has 0 aromatic heterocycles. The van der Waals surface area contributed by atoms with Crippen molar-refractivity contribution in [1.29, 1.82) is 0 Å². The van der Waals surface area contributed by atoms with E-state index in [1.54, 1.807) is 54.6 Å². The quantitative estimate of drug-likeness (QED) is 0.160. The van der Waals surface area contributed by atoms with Gasteiger partial charge in [-0.3, -0.25) is 13.9 Å². The van der Waals surface area contributed by atoms with Gasteiger partial charge in [-0.1, -0.05) is 90.3 Å². The zero-order valence-electron chi connectivity index (χ0n) is 26.0. The molecule has 0 aliphatic heterocycles. The van der Waals surface area contributed by atoms with E-state index in [-0.39, 0.29) is 29.5 Å². The van der Waals surface area contributed by atoms with E-state index < -0.39 is 28.5 Å². The molecule has 4 rings (SSSR count). The lowest BCUT2D eigenvalue weighted by atomic mass is 10.0. The fraction of sp³-hybridized carbons (Fsp3) is 0.257. The van der Waals surface area contributed by atoms with Crippen LogP contribution in [0.3, 0.4) is 0 Å². The van der Waals surface area contributed by atoms with Crippen LogP contribution in [0.4, 0.5) is 5.69 Å². The van der Waals surface area contributed by atoms with Gasteiger partial charge in [0.2, 0.25) is 11.8 Å². The van der Waals surface area contributed by atoms with Gasteiger partial charge in [-0.25, -0.2) is 8.42 Å². The summed E-state index contributed by atoms with van der Waals surface area (Å²) in [6.07, 6.45) is 0.862. The SMILES string of the molecule is CCCNC(=O)[C@H](Cc1ccccc1)N(Cc1c(Cl)cccc1Cl)C(=O)CN(c1cccc(OC)c1)S(=O)(=O)c1ccc(C)cc1. The molecule has 46 heavy (non-hydrogen) atoms. The highest BCUT2D eigenvalue weighted by atomic mass is 35.5. The van der Waals surface area contributed by atoms with Gasteiger partial charge in [0.05, 0.1) is 17.7 Å². The van der Waals surface area contributed by atoms with Crippen molar-refractivity contribution >= 4 is 50.7 Å². The number of carbonyl (C=O) groups excluding carboxylic acids is 2. The van der Waals surface area contributed by atoms with Gasteiger partial charge in [0.1, 0.15) is 18.3 Å². The third kappa shape index (κ3) is 8.60. The lowest BCUT2D eigenvalue weighted by molar-refractivity contribution is -0.140. The van der Waals surface area contributed by atoms with Gasteiger partial charge in [0, 0.05) is 41.2 Å². The van der Waals surface area contributed by atoms with E-state index in [9.17, 15) is 18.0 Å². The summed E-state index contributed by atoms with van der Waals surface area (Å²) in [4.78, 5) is 29.7. The first-order chi connectivity index (χ1) is 22.0. The number of carbonyl (C=O) groups is 2. The largest absolute Gasteiger partial charge is 0.497 e. The lowest BCUT2D eigenvalue weighted by Gasteiger charge is -2.34. The number of sulfonamides is 1. The summed E-state index contributed by atoms with van der Waals surface area (Å²) >= 11 is 13.1. The summed E-state index contributed by atoms with van der Waals surface area (Å²) in [7, 11) is -2.78. The first-order valence-electron chi connectivity index (χ1n) is 14.8. The zero-order chi connectivity index (χ0) is 33.3. The van der Waals surface area contributed by atoms with Gasteiger partial charge in [-0.05, 0) is 55.3 Å². The Morgan fingerprint density at radius 2 is 1.54 bits per heavy atom. The van der Waals surface area contributed by atoms with Gasteiger partial charge in [0.15, 0.2) is 0 Å². The normalized spacial score (nSPS) is 11.8. The fourth-order valence-electron chi connectivity index (χ4n) is 4.91. The number of hydrogen-bond acceptors (Lipinski definition) is 5. The zero-order valence-corrected chi connectivity index (χ0v) is 28.3. The van der Waals surface area contributed by atoms with E-state index in [4.69, 9.17) is 27.9 Å². The van der Waals surface area contributed by atoms with Crippen molar-refractivity contribution in [2.45, 2.75) is 44.2 Å². The Balaban J connectivity index is 1.84. The number of benzene rings is 4. The summed E-state index contributed by atoms with van der Waals surface area (Å²) in [6, 6.07) is 26.1. The van der Waals surface area contributed by atoms with E-state index in [1.807, 2.05) is 44.2 Å². The highest BCUT2D eigenvalue weighted by molar-refractivity contribution is 7.92. The third-order valence-corrected chi connectivity index (χ3v) is 9.94. The van der Waals surface area contributed by atoms with Gasteiger partial charge >= 0.3 is 0 Å². The molecule has 4 aromatic carbocycles. The molecule has 0 aliphatic rings. The fourth-order valence-corrected chi connectivity index (χ4v) is 6.83. The van der Waals surface area contributed by atoms with E-state index in [0.717, 1.165) is 15.4 Å². The van der Waals surface area contributed by atoms with Gasteiger partial charge in [-0.2, -0.15) is 0 Å². The van der Waals surface area contributed by atoms with Crippen LogP contribution in [-0.4, -0.2) is 51.4 Å². The van der Waals surface area contributed by atoms with Crippen molar-refractivity contribution < 1.29 is 22.7 Å². The number of methoxy groups -OCH3 is 1. The second-order valence-corrected chi connectivity index (χ2v) is 13.4. The second-order valence-electron chi connectivity index (χ2n) is 10.7. The Hall–Kier alpha value is -4.05. The summed E-state index contributed by atoms with van der Waals surface area (Å²) in [5.74, 6) is -0.590. The van der Waals surface area contributed by atoms with Crippen LogP contribution in [0.1, 0.15) is 30.0 Å². The molecule has 1 atom stereocenters. The number of nitrogens with zero attached hydrogens (tertiary/aromatic N) is 2. The van der Waals surface area contributed by atoms with Crippen molar-refractivity contribution in [3.63, 3.8) is 0 Å². The minimum absolute atomic E-state index is 0.0101. The minimum atomic E-state index is -4.26. The number of anilines is 1. The maximum Gasteiger partial charge on any atom is 0.264 e. The number of aryl methyl sites for hydroxylation is 1. The average molecular weight is 683 g/mol. The summed E-state index contributed by atoms with van der Waals surface area (Å²) in [5, 5.41) is 3.55. The predicted octanol–water partition coefficient (Wildman–Crippen LogP) is 6.67. The first-order valence-corrected chi connectivity index (χ1v) is 17.0. The number of hydrogen-bond donors (Lipinski definition) is 1. The average Bonchev–Trinajstić information content (AvgIpc) is 3.05. The van der Waals surface area contributed by atoms with E-state index in [0.29, 0.717) is 34.3 Å². The van der Waals surface area contributed by atoms with Gasteiger partial charge in [-0.15, -0.1) is 0 Å². The van der Waals surface area contributed by atoms with Gasteiger partial charge < -0.3 is 15.0 Å². The number of amides is 2. The van der Waals surface area contributed by atoms with E-state index in [2.05, 4.69) is 5.32 Å². The predicted molar refractivity (Wildman–Crippen MR) is 183 cm³/mol. The highest BCUT2D eigenvalue weighted by Crippen LogP contribution is 2.30. The van der Waals surface area contributed by atoms with Crippen LogP contribution in [0.2, 0.25) is 10.0 Å². The molecule has 0 heterocycles. The van der Waals surface area contributed by atoms with Crippen molar-refractivity contribution in [3.05, 3.63) is 124 Å². The molecule has 0 saturated carbocycles. The lowest BCUT2D eigenvalue weighted by Crippen LogP contribution is -2.53.